The number of aliphatic hydroxyl groups is 1. The molecule has 0 bridgehead atoms. The van der Waals surface area contributed by atoms with Crippen molar-refractivity contribution in [3.05, 3.63) is 0 Å². The van der Waals surface area contributed by atoms with E-state index in [2.05, 4.69) is 11.9 Å². The summed E-state index contributed by atoms with van der Waals surface area (Å²) in [6.45, 7) is 1.03. The Morgan fingerprint density at radius 1 is 1.55 bits per heavy atom. The van der Waals surface area contributed by atoms with Crippen LogP contribution < -0.4 is 5.73 Å². The van der Waals surface area contributed by atoms with Crippen molar-refractivity contribution in [2.75, 3.05) is 20.2 Å². The standard InChI is InChI=1S/C8H18N2O/c1-10(4-5-11)8-3-2-7(9)6-8/h7-8,11H,2-6,9H2,1H3. The molecular formula is C8H18N2O. The van der Waals surface area contributed by atoms with Gasteiger partial charge in [0.15, 0.2) is 0 Å². The fraction of sp³-hybridized carbons (Fsp3) is 1.00. The molecule has 11 heavy (non-hydrogen) atoms. The van der Waals surface area contributed by atoms with Crippen LogP contribution in [-0.2, 0) is 0 Å². The zero-order valence-corrected chi connectivity index (χ0v) is 7.16. The molecule has 0 aromatic rings. The topological polar surface area (TPSA) is 49.5 Å². The number of hydrogen-bond acceptors (Lipinski definition) is 3. The Hall–Kier alpha value is -0.120. The van der Waals surface area contributed by atoms with Crippen molar-refractivity contribution >= 4 is 0 Å². The van der Waals surface area contributed by atoms with Crippen molar-refractivity contribution in [1.82, 2.24) is 4.90 Å². The Morgan fingerprint density at radius 3 is 2.73 bits per heavy atom. The molecule has 3 heteroatoms. The molecule has 0 amide bonds. The summed E-state index contributed by atoms with van der Waals surface area (Å²) in [5.41, 5.74) is 5.77. The van der Waals surface area contributed by atoms with Crippen molar-refractivity contribution < 1.29 is 5.11 Å². The van der Waals surface area contributed by atoms with Crippen LogP contribution in [0.4, 0.5) is 0 Å². The zero-order valence-electron chi connectivity index (χ0n) is 7.16. The zero-order chi connectivity index (χ0) is 8.27. The third-order valence-electron chi connectivity index (χ3n) is 2.52. The average molecular weight is 158 g/mol. The van der Waals surface area contributed by atoms with E-state index >= 15 is 0 Å². The molecule has 0 heterocycles. The molecule has 2 atom stereocenters. The maximum Gasteiger partial charge on any atom is 0.0558 e. The molecule has 1 saturated carbocycles. The molecule has 0 aromatic carbocycles. The number of aliphatic hydroxyl groups excluding tert-OH is 1. The lowest BCUT2D eigenvalue weighted by Crippen LogP contribution is -2.33. The Balaban J connectivity index is 2.25. The van der Waals surface area contributed by atoms with E-state index in [1.807, 2.05) is 0 Å². The van der Waals surface area contributed by atoms with Gasteiger partial charge in [-0.15, -0.1) is 0 Å². The summed E-state index contributed by atoms with van der Waals surface area (Å²) < 4.78 is 0. The highest BCUT2D eigenvalue weighted by Gasteiger charge is 2.24. The summed E-state index contributed by atoms with van der Waals surface area (Å²) in [6, 6.07) is 0.998. The average Bonchev–Trinajstić information content (AvgIpc) is 2.36. The number of rotatable bonds is 3. The minimum absolute atomic E-state index is 0.252. The van der Waals surface area contributed by atoms with Crippen molar-refractivity contribution in [1.29, 1.82) is 0 Å². The van der Waals surface area contributed by atoms with E-state index in [1.165, 1.54) is 6.42 Å². The molecule has 0 aromatic heterocycles. The van der Waals surface area contributed by atoms with E-state index in [1.54, 1.807) is 0 Å². The van der Waals surface area contributed by atoms with Crippen LogP contribution in [0.5, 0.6) is 0 Å². The van der Waals surface area contributed by atoms with Gasteiger partial charge in [-0.05, 0) is 26.3 Å². The third-order valence-corrected chi connectivity index (χ3v) is 2.52. The molecule has 0 spiro atoms. The second-order valence-corrected chi connectivity index (χ2v) is 3.43. The predicted octanol–water partition coefficient (Wildman–Crippen LogP) is -0.210. The molecular weight excluding hydrogens is 140 g/mol. The molecule has 1 fully saturated rings. The fourth-order valence-electron chi connectivity index (χ4n) is 1.73. The Morgan fingerprint density at radius 2 is 2.27 bits per heavy atom. The summed E-state index contributed by atoms with van der Waals surface area (Å²) in [7, 11) is 2.05. The van der Waals surface area contributed by atoms with E-state index < -0.39 is 0 Å². The molecule has 1 aliphatic carbocycles. The molecule has 66 valence electrons. The van der Waals surface area contributed by atoms with Gasteiger partial charge in [-0.2, -0.15) is 0 Å². The van der Waals surface area contributed by atoms with Crippen LogP contribution in [0.3, 0.4) is 0 Å². The highest BCUT2D eigenvalue weighted by atomic mass is 16.3. The van der Waals surface area contributed by atoms with Gasteiger partial charge in [0.25, 0.3) is 0 Å². The molecule has 2 unspecified atom stereocenters. The predicted molar refractivity (Wildman–Crippen MR) is 45.3 cm³/mol. The van der Waals surface area contributed by atoms with Gasteiger partial charge >= 0.3 is 0 Å². The first-order chi connectivity index (χ1) is 5.24. The van der Waals surface area contributed by atoms with Crippen molar-refractivity contribution in [3.8, 4) is 0 Å². The van der Waals surface area contributed by atoms with Crippen molar-refractivity contribution in [2.45, 2.75) is 31.3 Å². The number of nitrogens with zero attached hydrogens (tertiary/aromatic N) is 1. The van der Waals surface area contributed by atoms with Crippen LogP contribution >= 0.6 is 0 Å². The molecule has 1 rings (SSSR count). The van der Waals surface area contributed by atoms with Gasteiger partial charge in [0.1, 0.15) is 0 Å². The first kappa shape index (κ1) is 8.97. The Bertz CT molecular complexity index is 119. The largest absolute Gasteiger partial charge is 0.395 e. The molecule has 0 aliphatic heterocycles. The monoisotopic (exact) mass is 158 g/mol. The lowest BCUT2D eigenvalue weighted by Gasteiger charge is -2.22. The Kier molecular flexibility index (Phi) is 3.30. The first-order valence-corrected chi connectivity index (χ1v) is 4.30. The highest BCUT2D eigenvalue weighted by molar-refractivity contribution is 4.83. The smallest absolute Gasteiger partial charge is 0.0558 e. The van der Waals surface area contributed by atoms with Crippen LogP contribution in [0.2, 0.25) is 0 Å². The van der Waals surface area contributed by atoms with Gasteiger partial charge < -0.3 is 15.7 Å². The van der Waals surface area contributed by atoms with Crippen LogP contribution in [0.15, 0.2) is 0 Å². The van der Waals surface area contributed by atoms with E-state index in [0.29, 0.717) is 12.1 Å². The summed E-state index contributed by atoms with van der Waals surface area (Å²) in [6.07, 6.45) is 3.43. The summed E-state index contributed by atoms with van der Waals surface area (Å²) >= 11 is 0. The molecule has 1 aliphatic rings. The van der Waals surface area contributed by atoms with Crippen molar-refractivity contribution in [3.63, 3.8) is 0 Å². The minimum atomic E-state index is 0.252. The maximum atomic E-state index is 8.69. The van der Waals surface area contributed by atoms with Gasteiger partial charge in [0.05, 0.1) is 6.61 Å². The van der Waals surface area contributed by atoms with Gasteiger partial charge in [-0.3, -0.25) is 0 Å². The van der Waals surface area contributed by atoms with Gasteiger partial charge in [0, 0.05) is 18.6 Å². The Labute approximate surface area is 68.2 Å². The van der Waals surface area contributed by atoms with E-state index in [9.17, 15) is 0 Å². The fourth-order valence-corrected chi connectivity index (χ4v) is 1.73. The molecule has 3 nitrogen and oxygen atoms in total. The van der Waals surface area contributed by atoms with Crippen LogP contribution in [0.25, 0.3) is 0 Å². The number of hydrogen-bond donors (Lipinski definition) is 2. The second kappa shape index (κ2) is 4.04. The van der Waals surface area contributed by atoms with E-state index in [0.717, 1.165) is 19.4 Å². The van der Waals surface area contributed by atoms with Gasteiger partial charge in [0.2, 0.25) is 0 Å². The molecule has 0 radical (unpaired) electrons. The highest BCUT2D eigenvalue weighted by Crippen LogP contribution is 2.21. The first-order valence-electron chi connectivity index (χ1n) is 4.30. The SMILES string of the molecule is CN(CCO)C1CCC(N)C1. The normalized spacial score (nSPS) is 31.6. The van der Waals surface area contributed by atoms with Crippen LogP contribution in [0.1, 0.15) is 19.3 Å². The quantitative estimate of drug-likeness (QED) is 0.597. The summed E-state index contributed by atoms with van der Waals surface area (Å²) in [5.74, 6) is 0. The lowest BCUT2D eigenvalue weighted by molar-refractivity contribution is 0.181. The summed E-state index contributed by atoms with van der Waals surface area (Å²) in [4.78, 5) is 2.20. The minimum Gasteiger partial charge on any atom is -0.395 e. The summed E-state index contributed by atoms with van der Waals surface area (Å²) in [5, 5.41) is 8.69. The van der Waals surface area contributed by atoms with Crippen LogP contribution in [-0.4, -0.2) is 42.3 Å². The maximum absolute atomic E-state index is 8.69. The van der Waals surface area contributed by atoms with E-state index in [4.69, 9.17) is 10.8 Å². The molecule has 0 saturated heterocycles. The number of nitrogens with two attached hydrogens (primary N) is 1. The second-order valence-electron chi connectivity index (χ2n) is 3.43. The lowest BCUT2D eigenvalue weighted by atomic mass is 10.2. The van der Waals surface area contributed by atoms with Gasteiger partial charge in [-0.1, -0.05) is 0 Å². The van der Waals surface area contributed by atoms with Crippen molar-refractivity contribution in [2.24, 2.45) is 5.73 Å². The third kappa shape index (κ3) is 2.43. The van der Waals surface area contributed by atoms with Gasteiger partial charge in [-0.25, -0.2) is 0 Å². The number of likely N-dealkylation sites (N-methyl/N-ethyl adjacent to an activating group) is 1. The molecule has 3 N–H and O–H groups in total. The van der Waals surface area contributed by atoms with E-state index in [-0.39, 0.29) is 6.61 Å². The van der Waals surface area contributed by atoms with Crippen LogP contribution in [0, 0.1) is 0 Å².